The Balaban J connectivity index is 1.47. The molecule has 0 unspecified atom stereocenters. The third-order valence-corrected chi connectivity index (χ3v) is 4.34. The molecule has 2 aromatic rings. The Morgan fingerprint density at radius 1 is 1.17 bits per heavy atom. The van der Waals surface area contributed by atoms with Crippen LogP contribution in [-0.4, -0.2) is 36.0 Å². The van der Waals surface area contributed by atoms with Gasteiger partial charge >= 0.3 is 0 Å². The summed E-state index contributed by atoms with van der Waals surface area (Å²) in [4.78, 5) is 17.9. The lowest BCUT2D eigenvalue weighted by Crippen LogP contribution is -2.33. The number of hydrogen-bond donors (Lipinski definition) is 0. The average Bonchev–Trinajstić information content (AvgIpc) is 3.06. The lowest BCUT2D eigenvalue weighted by molar-refractivity contribution is -0.132. The molecule has 1 amide bonds. The lowest BCUT2D eigenvalue weighted by atomic mass is 10.1. The van der Waals surface area contributed by atoms with Crippen LogP contribution in [0.2, 0.25) is 0 Å². The summed E-state index contributed by atoms with van der Waals surface area (Å²) in [6.45, 7) is 0.766. The minimum atomic E-state index is -0.000412. The molecule has 4 nitrogen and oxygen atoms in total. The first-order valence-electron chi connectivity index (χ1n) is 8.10. The molecule has 1 heterocycles. The van der Waals surface area contributed by atoms with Crippen LogP contribution in [-0.2, 0) is 24.1 Å². The van der Waals surface area contributed by atoms with Crippen LogP contribution in [0.4, 0.5) is 0 Å². The third-order valence-electron chi connectivity index (χ3n) is 4.34. The molecule has 1 aromatic carbocycles. The smallest absolute Gasteiger partial charge is 0.260 e. The zero-order valence-corrected chi connectivity index (χ0v) is 13.5. The monoisotopic (exact) mass is 310 g/mol. The van der Waals surface area contributed by atoms with E-state index in [4.69, 9.17) is 4.74 Å². The van der Waals surface area contributed by atoms with E-state index in [2.05, 4.69) is 17.1 Å². The second-order valence-electron chi connectivity index (χ2n) is 5.99. The second-order valence-corrected chi connectivity index (χ2v) is 5.99. The molecule has 3 rings (SSSR count). The van der Waals surface area contributed by atoms with Gasteiger partial charge in [0.15, 0.2) is 6.61 Å². The molecule has 0 radical (unpaired) electrons. The Morgan fingerprint density at radius 3 is 2.78 bits per heavy atom. The van der Waals surface area contributed by atoms with Gasteiger partial charge in [-0.2, -0.15) is 0 Å². The summed E-state index contributed by atoms with van der Waals surface area (Å²) in [7, 11) is 1.82. The predicted octanol–water partition coefficient (Wildman–Crippen LogP) is 2.65. The van der Waals surface area contributed by atoms with Gasteiger partial charge in [-0.1, -0.05) is 6.07 Å². The van der Waals surface area contributed by atoms with Gasteiger partial charge in [-0.15, -0.1) is 0 Å². The number of likely N-dealkylation sites (N-methyl/N-ethyl adjacent to an activating group) is 1. The fraction of sp³-hybridized carbons (Fsp3) is 0.368. The number of aryl methyl sites for hydroxylation is 2. The van der Waals surface area contributed by atoms with Crippen molar-refractivity contribution >= 4 is 5.91 Å². The topological polar surface area (TPSA) is 42.4 Å². The van der Waals surface area contributed by atoms with Crippen LogP contribution in [0.1, 0.15) is 23.1 Å². The number of nitrogens with zero attached hydrogens (tertiary/aromatic N) is 2. The fourth-order valence-electron chi connectivity index (χ4n) is 2.86. The summed E-state index contributed by atoms with van der Waals surface area (Å²) in [5, 5.41) is 0. The summed E-state index contributed by atoms with van der Waals surface area (Å²) in [5.74, 6) is 0.793. The molecule has 0 fully saturated rings. The Hall–Kier alpha value is -2.36. The number of carbonyl (C=O) groups excluding carboxylic acids is 1. The largest absolute Gasteiger partial charge is 0.484 e. The van der Waals surface area contributed by atoms with E-state index in [0.717, 1.165) is 25.0 Å². The zero-order chi connectivity index (χ0) is 16.1. The Labute approximate surface area is 137 Å². The maximum Gasteiger partial charge on any atom is 0.260 e. The molecule has 0 N–H and O–H groups in total. The molecule has 0 atom stereocenters. The highest BCUT2D eigenvalue weighted by Gasteiger charge is 2.13. The van der Waals surface area contributed by atoms with E-state index < -0.39 is 0 Å². The number of ether oxygens (including phenoxy) is 1. The van der Waals surface area contributed by atoms with Crippen molar-refractivity contribution in [2.45, 2.75) is 25.7 Å². The molecular formula is C19H22N2O2. The van der Waals surface area contributed by atoms with E-state index in [-0.39, 0.29) is 12.5 Å². The van der Waals surface area contributed by atoms with E-state index in [9.17, 15) is 4.79 Å². The normalized spacial score (nSPS) is 12.7. The number of aromatic nitrogens is 1. The first-order valence-corrected chi connectivity index (χ1v) is 8.10. The number of carbonyl (C=O) groups is 1. The summed E-state index contributed by atoms with van der Waals surface area (Å²) in [5.41, 5.74) is 3.96. The highest BCUT2D eigenvalue weighted by Crippen LogP contribution is 2.25. The second kappa shape index (κ2) is 7.27. The van der Waals surface area contributed by atoms with Crippen molar-refractivity contribution in [2.24, 2.45) is 0 Å². The van der Waals surface area contributed by atoms with E-state index in [1.807, 2.05) is 25.2 Å². The van der Waals surface area contributed by atoms with E-state index in [1.165, 1.54) is 23.1 Å². The van der Waals surface area contributed by atoms with Gasteiger partial charge in [0, 0.05) is 26.0 Å². The average molecular weight is 310 g/mol. The van der Waals surface area contributed by atoms with E-state index in [1.54, 1.807) is 17.3 Å². The van der Waals surface area contributed by atoms with Gasteiger partial charge in [0.25, 0.3) is 5.91 Å². The third kappa shape index (κ3) is 4.09. The van der Waals surface area contributed by atoms with Crippen molar-refractivity contribution in [1.29, 1.82) is 0 Å². The predicted molar refractivity (Wildman–Crippen MR) is 89.5 cm³/mol. The van der Waals surface area contributed by atoms with Crippen molar-refractivity contribution in [3.05, 3.63) is 59.4 Å². The van der Waals surface area contributed by atoms with Gasteiger partial charge < -0.3 is 9.64 Å². The molecule has 1 aliphatic carbocycles. The molecule has 0 aliphatic heterocycles. The van der Waals surface area contributed by atoms with Crippen LogP contribution in [0.15, 0.2) is 42.7 Å². The lowest BCUT2D eigenvalue weighted by Gasteiger charge is -2.17. The minimum absolute atomic E-state index is 0.000412. The maximum absolute atomic E-state index is 12.2. The van der Waals surface area contributed by atoms with Gasteiger partial charge in [-0.3, -0.25) is 9.78 Å². The van der Waals surface area contributed by atoms with Crippen molar-refractivity contribution in [3.63, 3.8) is 0 Å². The number of fused-ring (bicyclic) bond motifs is 1. The minimum Gasteiger partial charge on any atom is -0.484 e. The van der Waals surface area contributed by atoms with Gasteiger partial charge in [-0.05, 0) is 66.6 Å². The number of amides is 1. The maximum atomic E-state index is 12.2. The molecule has 4 heteroatoms. The van der Waals surface area contributed by atoms with Gasteiger partial charge in [0.1, 0.15) is 5.75 Å². The van der Waals surface area contributed by atoms with Crippen LogP contribution in [0.25, 0.3) is 0 Å². The number of rotatable bonds is 6. The highest BCUT2D eigenvalue weighted by atomic mass is 16.5. The fourth-order valence-corrected chi connectivity index (χ4v) is 2.86. The molecule has 120 valence electrons. The van der Waals surface area contributed by atoms with Crippen LogP contribution in [0.3, 0.4) is 0 Å². The molecule has 1 aromatic heterocycles. The van der Waals surface area contributed by atoms with Crippen molar-refractivity contribution in [1.82, 2.24) is 9.88 Å². The Morgan fingerprint density at radius 2 is 1.96 bits per heavy atom. The van der Waals surface area contributed by atoms with Crippen LogP contribution in [0.5, 0.6) is 5.75 Å². The summed E-state index contributed by atoms with van der Waals surface area (Å²) >= 11 is 0. The standard InChI is InChI=1S/C19H22N2O2/c1-21(12-9-15-7-10-20-11-8-15)19(22)14-23-18-6-5-16-3-2-4-17(16)13-18/h5-8,10-11,13H,2-4,9,12,14H2,1H3. The van der Waals surface area contributed by atoms with Crippen LogP contribution in [0, 0.1) is 0 Å². The number of benzene rings is 1. The molecule has 23 heavy (non-hydrogen) atoms. The SMILES string of the molecule is CN(CCc1ccncc1)C(=O)COc1ccc2c(c1)CCC2. The molecule has 0 spiro atoms. The van der Waals surface area contributed by atoms with Gasteiger partial charge in [0.2, 0.25) is 0 Å². The van der Waals surface area contributed by atoms with Crippen LogP contribution >= 0.6 is 0 Å². The quantitative estimate of drug-likeness (QED) is 0.824. The zero-order valence-electron chi connectivity index (χ0n) is 13.5. The molecule has 0 saturated heterocycles. The number of hydrogen-bond acceptors (Lipinski definition) is 3. The first-order chi connectivity index (χ1) is 11.2. The van der Waals surface area contributed by atoms with Gasteiger partial charge in [-0.25, -0.2) is 0 Å². The van der Waals surface area contributed by atoms with Crippen LogP contribution < -0.4 is 4.74 Å². The van der Waals surface area contributed by atoms with Crippen molar-refractivity contribution in [2.75, 3.05) is 20.2 Å². The highest BCUT2D eigenvalue weighted by molar-refractivity contribution is 5.77. The van der Waals surface area contributed by atoms with Gasteiger partial charge in [0.05, 0.1) is 0 Å². The first kappa shape index (κ1) is 15.5. The summed E-state index contributed by atoms with van der Waals surface area (Å²) < 4.78 is 5.67. The molecule has 1 aliphatic rings. The molecular weight excluding hydrogens is 288 g/mol. The summed E-state index contributed by atoms with van der Waals surface area (Å²) in [6.07, 6.45) is 7.86. The van der Waals surface area contributed by atoms with Crippen molar-refractivity contribution in [3.8, 4) is 5.75 Å². The Bertz CT molecular complexity index is 670. The van der Waals surface area contributed by atoms with E-state index >= 15 is 0 Å². The molecule has 0 bridgehead atoms. The van der Waals surface area contributed by atoms with Crippen molar-refractivity contribution < 1.29 is 9.53 Å². The Kier molecular flexibility index (Phi) is 4.91. The molecule has 0 saturated carbocycles. The van der Waals surface area contributed by atoms with E-state index in [0.29, 0.717) is 6.54 Å². The summed E-state index contributed by atoms with van der Waals surface area (Å²) in [6, 6.07) is 10.1. The number of pyridine rings is 1.